The van der Waals surface area contributed by atoms with E-state index in [0.29, 0.717) is 27.7 Å². The third kappa shape index (κ3) is 7.78. The zero-order valence-electron chi connectivity index (χ0n) is 24.5. The number of amides is 2. The summed E-state index contributed by atoms with van der Waals surface area (Å²) in [7, 11) is 0. The number of carbonyl (C=O) groups is 2. The van der Waals surface area contributed by atoms with Crippen molar-refractivity contribution >= 4 is 23.6 Å². The number of thioether (sulfide) groups is 1. The van der Waals surface area contributed by atoms with Gasteiger partial charge in [0.05, 0.1) is 18.8 Å². The van der Waals surface area contributed by atoms with Gasteiger partial charge < -0.3 is 30.0 Å². The molecule has 0 bridgehead atoms. The second-order valence-corrected chi connectivity index (χ2v) is 12.2. The van der Waals surface area contributed by atoms with Crippen LogP contribution in [0, 0.1) is 11.1 Å². The first-order valence-corrected chi connectivity index (χ1v) is 15.6. The van der Waals surface area contributed by atoms with E-state index in [1.807, 2.05) is 31.2 Å². The van der Waals surface area contributed by atoms with Gasteiger partial charge in [0, 0.05) is 42.5 Å². The van der Waals surface area contributed by atoms with Gasteiger partial charge in [0.25, 0.3) is 5.03 Å². The maximum absolute atomic E-state index is 12.9. The minimum atomic E-state index is -5.03. The molecule has 2 aromatic carbocycles. The van der Waals surface area contributed by atoms with Gasteiger partial charge in [-0.3, -0.25) is 9.59 Å². The standard InChI is InChI=1S/C32H34F3N3O6S/c1-20-26(19-45-27-6-2-3-16-38(27)42)43-30(44-28(20)23-11-9-22(18-39)10-12-23)24-13-7-21(8-14-24)17-36-29(40)25-5-4-15-37(25)31(41)32(33,34)35/h2-3,6-14,16,20,25-26,28,30,39H,4-5,15,17-19H2,1H3,(H,36,40)/t20-,25-,26+,28+,30+/m0/s1. The summed E-state index contributed by atoms with van der Waals surface area (Å²) in [6.45, 7) is 1.91. The Labute approximate surface area is 262 Å². The van der Waals surface area contributed by atoms with Crippen LogP contribution < -0.4 is 10.0 Å². The van der Waals surface area contributed by atoms with Crippen molar-refractivity contribution in [2.24, 2.45) is 5.92 Å². The Hall–Kier alpha value is -3.65. The van der Waals surface area contributed by atoms with Gasteiger partial charge in [-0.25, -0.2) is 0 Å². The molecule has 240 valence electrons. The van der Waals surface area contributed by atoms with Crippen LogP contribution in [-0.2, 0) is 32.2 Å². The Bertz CT molecular complexity index is 1470. The molecule has 0 spiro atoms. The summed E-state index contributed by atoms with van der Waals surface area (Å²) >= 11 is 1.39. The molecule has 2 aliphatic heterocycles. The number of nitrogens with one attached hydrogen (secondary N) is 1. The lowest BCUT2D eigenvalue weighted by Gasteiger charge is -2.41. The van der Waals surface area contributed by atoms with Gasteiger partial charge in [0.15, 0.2) is 12.5 Å². The number of hydrogen-bond acceptors (Lipinski definition) is 7. The van der Waals surface area contributed by atoms with Crippen molar-refractivity contribution < 1.29 is 42.1 Å². The van der Waals surface area contributed by atoms with Gasteiger partial charge in [-0.2, -0.15) is 17.9 Å². The average molecular weight is 646 g/mol. The van der Waals surface area contributed by atoms with Crippen LogP contribution in [0.15, 0.2) is 78.0 Å². The van der Waals surface area contributed by atoms with Crippen molar-refractivity contribution in [2.45, 2.75) is 68.7 Å². The largest absolute Gasteiger partial charge is 0.618 e. The number of benzene rings is 2. The molecule has 2 N–H and O–H groups in total. The first-order valence-electron chi connectivity index (χ1n) is 14.6. The molecular weight excluding hydrogens is 611 g/mol. The maximum Gasteiger partial charge on any atom is 0.471 e. The summed E-state index contributed by atoms with van der Waals surface area (Å²) < 4.78 is 52.5. The Morgan fingerprint density at radius 1 is 1.04 bits per heavy atom. The normalized spacial score (nSPS) is 23.6. The van der Waals surface area contributed by atoms with Crippen LogP contribution in [-0.4, -0.2) is 52.4 Å². The molecule has 2 amide bonds. The molecule has 3 heterocycles. The van der Waals surface area contributed by atoms with Crippen molar-refractivity contribution in [3.8, 4) is 0 Å². The molecule has 13 heteroatoms. The highest BCUT2D eigenvalue weighted by Crippen LogP contribution is 2.43. The van der Waals surface area contributed by atoms with Gasteiger partial charge in [0.1, 0.15) is 6.04 Å². The van der Waals surface area contributed by atoms with Gasteiger partial charge in [-0.05, 0) is 35.6 Å². The Balaban J connectivity index is 1.27. The van der Waals surface area contributed by atoms with Gasteiger partial charge >= 0.3 is 12.1 Å². The first-order chi connectivity index (χ1) is 21.5. The Morgan fingerprint density at radius 3 is 2.40 bits per heavy atom. The van der Waals surface area contributed by atoms with Gasteiger partial charge in [0.2, 0.25) is 5.91 Å². The van der Waals surface area contributed by atoms with Gasteiger partial charge in [-0.15, -0.1) is 0 Å². The number of hydrogen-bond donors (Lipinski definition) is 2. The van der Waals surface area contributed by atoms with E-state index in [0.717, 1.165) is 21.4 Å². The first kappa shape index (κ1) is 32.7. The SMILES string of the molecule is C[C@H]1[C@@H](CSc2cccc[n+]2[O-])O[C@@H](c2ccc(CNC(=O)[C@@H]3CCCN3C(=O)C(F)(F)F)cc2)O[C@H]1c1ccc(CO)cc1. The van der Waals surface area contributed by atoms with Crippen LogP contribution in [0.25, 0.3) is 0 Å². The highest BCUT2D eigenvalue weighted by molar-refractivity contribution is 7.99. The van der Waals surface area contributed by atoms with Crippen LogP contribution in [0.4, 0.5) is 13.2 Å². The second-order valence-electron chi connectivity index (χ2n) is 11.1. The number of carbonyl (C=O) groups excluding carboxylic acids is 2. The zero-order valence-corrected chi connectivity index (χ0v) is 25.3. The predicted molar refractivity (Wildman–Crippen MR) is 158 cm³/mol. The number of aliphatic hydroxyl groups is 1. The molecule has 5 atom stereocenters. The fourth-order valence-electron chi connectivity index (χ4n) is 5.55. The van der Waals surface area contributed by atoms with Crippen LogP contribution in [0.5, 0.6) is 0 Å². The average Bonchev–Trinajstić information content (AvgIpc) is 3.53. The molecule has 2 aliphatic rings. The number of ether oxygens (including phenoxy) is 2. The number of aliphatic hydroxyl groups excluding tert-OH is 1. The highest BCUT2D eigenvalue weighted by atomic mass is 32.2. The minimum Gasteiger partial charge on any atom is -0.618 e. The molecule has 2 fully saturated rings. The molecule has 3 aromatic rings. The number of nitrogens with zero attached hydrogens (tertiary/aromatic N) is 2. The van der Waals surface area contributed by atoms with Crippen molar-refractivity contribution in [1.29, 1.82) is 0 Å². The molecule has 0 saturated carbocycles. The third-order valence-corrected chi connectivity index (χ3v) is 9.19. The monoisotopic (exact) mass is 645 g/mol. The number of aromatic nitrogens is 1. The van der Waals surface area contributed by atoms with Crippen molar-refractivity contribution in [3.63, 3.8) is 0 Å². The van der Waals surface area contributed by atoms with Crippen molar-refractivity contribution in [3.05, 3.63) is 100 Å². The second kappa shape index (κ2) is 14.2. The molecule has 9 nitrogen and oxygen atoms in total. The van der Waals surface area contributed by atoms with E-state index in [4.69, 9.17) is 9.47 Å². The van der Waals surface area contributed by atoms with Crippen molar-refractivity contribution in [2.75, 3.05) is 12.3 Å². The quantitative estimate of drug-likeness (QED) is 0.199. The summed E-state index contributed by atoms with van der Waals surface area (Å²) in [5, 5.41) is 24.9. The van der Waals surface area contributed by atoms with E-state index in [1.54, 1.807) is 42.5 Å². The van der Waals surface area contributed by atoms with Crippen LogP contribution in [0.2, 0.25) is 0 Å². The number of halogens is 3. The summed E-state index contributed by atoms with van der Waals surface area (Å²) in [5.74, 6) is -2.21. The summed E-state index contributed by atoms with van der Waals surface area (Å²) in [6.07, 6.45) is -4.46. The lowest BCUT2D eigenvalue weighted by Crippen LogP contribution is -2.50. The summed E-state index contributed by atoms with van der Waals surface area (Å²) in [4.78, 5) is 25.0. The lowest BCUT2D eigenvalue weighted by atomic mass is 9.91. The molecule has 45 heavy (non-hydrogen) atoms. The molecule has 0 radical (unpaired) electrons. The minimum absolute atomic E-state index is 0.0679. The molecular formula is C32H34F3N3O6S. The molecule has 1 aromatic heterocycles. The number of likely N-dealkylation sites (tertiary alicyclic amines) is 1. The topological polar surface area (TPSA) is 115 Å². The van der Waals surface area contributed by atoms with Crippen LogP contribution >= 0.6 is 11.8 Å². The van der Waals surface area contributed by atoms with E-state index >= 15 is 0 Å². The van der Waals surface area contributed by atoms with E-state index < -0.39 is 30.3 Å². The van der Waals surface area contributed by atoms with Crippen molar-refractivity contribution in [1.82, 2.24) is 10.2 Å². The van der Waals surface area contributed by atoms with E-state index in [-0.39, 0.29) is 44.2 Å². The molecule has 2 saturated heterocycles. The fraction of sp³-hybridized carbons (Fsp3) is 0.406. The summed E-state index contributed by atoms with van der Waals surface area (Å²) in [5.41, 5.74) is 3.13. The lowest BCUT2D eigenvalue weighted by molar-refractivity contribution is -0.645. The zero-order chi connectivity index (χ0) is 32.1. The van der Waals surface area contributed by atoms with Crippen LogP contribution in [0.1, 0.15) is 54.4 Å². The number of alkyl halides is 3. The molecule has 0 aliphatic carbocycles. The smallest absolute Gasteiger partial charge is 0.471 e. The fourth-order valence-corrected chi connectivity index (χ4v) is 6.63. The van der Waals surface area contributed by atoms with Gasteiger partial charge in [-0.1, -0.05) is 67.2 Å². The number of pyridine rings is 1. The van der Waals surface area contributed by atoms with Crippen LogP contribution in [0.3, 0.4) is 0 Å². The van der Waals surface area contributed by atoms with E-state index in [2.05, 4.69) is 5.32 Å². The maximum atomic E-state index is 12.9. The highest BCUT2D eigenvalue weighted by Gasteiger charge is 2.47. The number of rotatable bonds is 9. The molecule has 0 unspecified atom stereocenters. The van der Waals surface area contributed by atoms with E-state index in [9.17, 15) is 33.1 Å². The summed E-state index contributed by atoms with van der Waals surface area (Å²) in [6, 6.07) is 18.7. The van der Waals surface area contributed by atoms with E-state index in [1.165, 1.54) is 18.0 Å². The third-order valence-electron chi connectivity index (χ3n) is 8.08. The molecule has 5 rings (SSSR count). The Kier molecular flexibility index (Phi) is 10.3. The predicted octanol–water partition coefficient (Wildman–Crippen LogP) is 4.57. The Morgan fingerprint density at radius 2 is 1.73 bits per heavy atom.